The average Bonchev–Trinajstić information content (AvgIpc) is 3.08. The zero-order valence-corrected chi connectivity index (χ0v) is 15.0. The third-order valence-electron chi connectivity index (χ3n) is 3.50. The van der Waals surface area contributed by atoms with E-state index >= 15 is 0 Å². The molecule has 0 aliphatic carbocycles. The molecule has 140 valence electrons. The summed E-state index contributed by atoms with van der Waals surface area (Å²) in [7, 11) is 1.34. The molecule has 0 amide bonds. The summed E-state index contributed by atoms with van der Waals surface area (Å²) >= 11 is 1.47. The molecular formula is C19H15F2NO4S. The molecule has 0 bridgehead atoms. The molecule has 3 rings (SSSR count). The van der Waals surface area contributed by atoms with Crippen LogP contribution in [0.15, 0.2) is 48.5 Å². The lowest BCUT2D eigenvalue weighted by atomic mass is 10.2. The number of methoxy groups -OCH3 is 1. The summed E-state index contributed by atoms with van der Waals surface area (Å²) in [6.45, 7) is -2.98. The van der Waals surface area contributed by atoms with Crippen molar-refractivity contribution in [3.8, 4) is 11.5 Å². The summed E-state index contributed by atoms with van der Waals surface area (Å²) in [5.41, 5.74) is 1.45. The number of para-hydroxylation sites is 1. The third-order valence-corrected chi connectivity index (χ3v) is 4.50. The van der Waals surface area contributed by atoms with E-state index in [9.17, 15) is 13.6 Å². The first kappa shape index (κ1) is 18.8. The third kappa shape index (κ3) is 5.01. The predicted molar refractivity (Wildman–Crippen MR) is 98.1 cm³/mol. The standard InChI is InChI=1S/C19H15F2NO4S/c1-24-15-10-12(6-7-14(15)26-19(20)21)11-25-18(23)9-8-17-22-13-4-2-3-5-16(13)27-17/h2-10,19H,11H2,1H3/b9-8+. The first-order chi connectivity index (χ1) is 13.0. The summed E-state index contributed by atoms with van der Waals surface area (Å²) in [5, 5.41) is 0.698. The van der Waals surface area contributed by atoms with Crippen molar-refractivity contribution in [1.29, 1.82) is 0 Å². The van der Waals surface area contributed by atoms with E-state index in [1.54, 1.807) is 6.08 Å². The number of hydrogen-bond donors (Lipinski definition) is 0. The number of thiazole rings is 1. The zero-order chi connectivity index (χ0) is 19.2. The molecule has 0 saturated carbocycles. The fraction of sp³-hybridized carbons (Fsp3) is 0.158. The Morgan fingerprint density at radius 2 is 2.04 bits per heavy atom. The molecule has 8 heteroatoms. The number of aromatic nitrogens is 1. The van der Waals surface area contributed by atoms with Crippen molar-refractivity contribution in [1.82, 2.24) is 4.98 Å². The fourth-order valence-electron chi connectivity index (χ4n) is 2.30. The zero-order valence-electron chi connectivity index (χ0n) is 14.2. The summed E-state index contributed by atoms with van der Waals surface area (Å²) in [6.07, 6.45) is 2.89. The SMILES string of the molecule is COc1cc(COC(=O)/C=C/c2nc3ccccc3s2)ccc1OC(F)F. The van der Waals surface area contributed by atoms with Gasteiger partial charge in [0.1, 0.15) is 11.6 Å². The number of fused-ring (bicyclic) bond motifs is 1. The number of hydrogen-bond acceptors (Lipinski definition) is 6. The number of alkyl halides is 2. The van der Waals surface area contributed by atoms with Crippen LogP contribution in [0, 0.1) is 0 Å². The lowest BCUT2D eigenvalue weighted by molar-refractivity contribution is -0.138. The van der Waals surface area contributed by atoms with Gasteiger partial charge in [0.05, 0.1) is 17.3 Å². The lowest BCUT2D eigenvalue weighted by Crippen LogP contribution is -2.05. The molecule has 0 saturated heterocycles. The number of halogens is 2. The molecule has 0 fully saturated rings. The van der Waals surface area contributed by atoms with Crippen LogP contribution in [0.4, 0.5) is 8.78 Å². The second-order valence-electron chi connectivity index (χ2n) is 5.32. The van der Waals surface area contributed by atoms with E-state index in [2.05, 4.69) is 9.72 Å². The van der Waals surface area contributed by atoms with E-state index in [0.717, 1.165) is 10.2 Å². The molecule has 0 unspecified atom stereocenters. The number of ether oxygens (including phenoxy) is 3. The van der Waals surface area contributed by atoms with E-state index in [0.29, 0.717) is 10.6 Å². The number of carbonyl (C=O) groups is 1. The van der Waals surface area contributed by atoms with E-state index in [1.807, 2.05) is 24.3 Å². The van der Waals surface area contributed by atoms with Crippen molar-refractivity contribution >= 4 is 33.6 Å². The van der Waals surface area contributed by atoms with Gasteiger partial charge in [-0.2, -0.15) is 8.78 Å². The molecule has 2 aromatic carbocycles. The molecule has 0 spiro atoms. The predicted octanol–water partition coefficient (Wildman–Crippen LogP) is 4.66. The van der Waals surface area contributed by atoms with Gasteiger partial charge in [-0.05, 0) is 35.9 Å². The van der Waals surface area contributed by atoms with Gasteiger partial charge in [0.15, 0.2) is 11.5 Å². The first-order valence-electron chi connectivity index (χ1n) is 7.87. The van der Waals surface area contributed by atoms with Crippen LogP contribution in [0.2, 0.25) is 0 Å². The largest absolute Gasteiger partial charge is 0.493 e. The molecule has 27 heavy (non-hydrogen) atoms. The second-order valence-corrected chi connectivity index (χ2v) is 6.39. The van der Waals surface area contributed by atoms with Crippen LogP contribution in [0.5, 0.6) is 11.5 Å². The topological polar surface area (TPSA) is 57.7 Å². The molecule has 5 nitrogen and oxygen atoms in total. The van der Waals surface area contributed by atoms with Crippen molar-refractivity contribution in [2.24, 2.45) is 0 Å². The van der Waals surface area contributed by atoms with Crippen LogP contribution in [-0.4, -0.2) is 24.7 Å². The molecule has 0 atom stereocenters. The number of esters is 1. The summed E-state index contributed by atoms with van der Waals surface area (Å²) in [6, 6.07) is 12.0. The van der Waals surface area contributed by atoms with Gasteiger partial charge < -0.3 is 14.2 Å². The van der Waals surface area contributed by atoms with E-state index < -0.39 is 12.6 Å². The van der Waals surface area contributed by atoms with Gasteiger partial charge in [-0.1, -0.05) is 18.2 Å². The highest BCUT2D eigenvalue weighted by molar-refractivity contribution is 7.19. The lowest BCUT2D eigenvalue weighted by Gasteiger charge is -2.11. The normalized spacial score (nSPS) is 11.3. The molecule has 1 heterocycles. The van der Waals surface area contributed by atoms with Gasteiger partial charge in [-0.25, -0.2) is 9.78 Å². The van der Waals surface area contributed by atoms with Crippen LogP contribution < -0.4 is 9.47 Å². The quantitative estimate of drug-likeness (QED) is 0.433. The van der Waals surface area contributed by atoms with Gasteiger partial charge in [-0.15, -0.1) is 11.3 Å². The highest BCUT2D eigenvalue weighted by Crippen LogP contribution is 2.29. The maximum absolute atomic E-state index is 12.3. The van der Waals surface area contributed by atoms with Crippen LogP contribution in [-0.2, 0) is 16.1 Å². The smallest absolute Gasteiger partial charge is 0.387 e. The molecular weight excluding hydrogens is 376 g/mol. The molecule has 0 radical (unpaired) electrons. The molecule has 0 aliphatic rings. The summed E-state index contributed by atoms with van der Waals surface area (Å²) in [5.74, 6) is -0.492. The van der Waals surface area contributed by atoms with Crippen LogP contribution in [0.25, 0.3) is 16.3 Å². The van der Waals surface area contributed by atoms with Crippen molar-refractivity contribution in [3.05, 3.63) is 59.1 Å². The maximum Gasteiger partial charge on any atom is 0.387 e. The van der Waals surface area contributed by atoms with Crippen molar-refractivity contribution in [3.63, 3.8) is 0 Å². The molecule has 0 aliphatic heterocycles. The molecule has 3 aromatic rings. The minimum absolute atomic E-state index is 0.0334. The Morgan fingerprint density at radius 1 is 1.22 bits per heavy atom. The van der Waals surface area contributed by atoms with Crippen molar-refractivity contribution in [2.75, 3.05) is 7.11 Å². The Balaban J connectivity index is 1.59. The summed E-state index contributed by atoms with van der Waals surface area (Å²) < 4.78 is 40.2. The molecule has 0 N–H and O–H groups in total. The van der Waals surface area contributed by atoms with Gasteiger partial charge in [0.2, 0.25) is 0 Å². The van der Waals surface area contributed by atoms with Crippen LogP contribution in [0.3, 0.4) is 0 Å². The van der Waals surface area contributed by atoms with E-state index in [1.165, 1.54) is 42.7 Å². The minimum Gasteiger partial charge on any atom is -0.493 e. The average molecular weight is 391 g/mol. The Hall–Kier alpha value is -3.00. The van der Waals surface area contributed by atoms with E-state index in [4.69, 9.17) is 9.47 Å². The van der Waals surface area contributed by atoms with Gasteiger partial charge in [0, 0.05) is 6.08 Å². The monoisotopic (exact) mass is 391 g/mol. The highest BCUT2D eigenvalue weighted by atomic mass is 32.1. The maximum atomic E-state index is 12.3. The van der Waals surface area contributed by atoms with Gasteiger partial charge in [-0.3, -0.25) is 0 Å². The fourth-order valence-corrected chi connectivity index (χ4v) is 3.17. The number of carbonyl (C=O) groups excluding carboxylic acids is 1. The number of nitrogens with zero attached hydrogens (tertiary/aromatic N) is 1. The Morgan fingerprint density at radius 3 is 2.78 bits per heavy atom. The molecule has 1 aromatic heterocycles. The minimum atomic E-state index is -2.95. The van der Waals surface area contributed by atoms with Gasteiger partial charge in [0.25, 0.3) is 0 Å². The Kier molecular flexibility index (Phi) is 5.97. The van der Waals surface area contributed by atoms with Gasteiger partial charge >= 0.3 is 12.6 Å². The van der Waals surface area contributed by atoms with E-state index in [-0.39, 0.29) is 18.1 Å². The van der Waals surface area contributed by atoms with Crippen molar-refractivity contribution < 1.29 is 27.8 Å². The first-order valence-corrected chi connectivity index (χ1v) is 8.69. The highest BCUT2D eigenvalue weighted by Gasteiger charge is 2.11. The second kappa shape index (κ2) is 8.59. The number of rotatable bonds is 7. The van der Waals surface area contributed by atoms with Crippen LogP contribution >= 0.6 is 11.3 Å². The van der Waals surface area contributed by atoms with Crippen molar-refractivity contribution in [2.45, 2.75) is 13.2 Å². The number of benzene rings is 2. The Labute approximate surface area is 157 Å². The summed E-state index contributed by atoms with van der Waals surface area (Å²) in [4.78, 5) is 16.3. The Bertz CT molecular complexity index is 938. The van der Waals surface area contributed by atoms with Crippen LogP contribution in [0.1, 0.15) is 10.6 Å².